The highest BCUT2D eigenvalue weighted by molar-refractivity contribution is 9.10. The van der Waals surface area contributed by atoms with E-state index in [1.165, 1.54) is 18.1 Å². The molecule has 18 heavy (non-hydrogen) atoms. The Hall–Kier alpha value is -1.47. The zero-order chi connectivity index (χ0) is 12.5. The summed E-state index contributed by atoms with van der Waals surface area (Å²) in [5, 5.41) is 1.70. The van der Waals surface area contributed by atoms with Gasteiger partial charge in [-0.05, 0) is 46.2 Å². The van der Waals surface area contributed by atoms with Crippen LogP contribution in [0.4, 0.5) is 0 Å². The van der Waals surface area contributed by atoms with E-state index in [4.69, 9.17) is 0 Å². The summed E-state index contributed by atoms with van der Waals surface area (Å²) in [6, 6.07) is 1.96. The first-order valence-corrected chi connectivity index (χ1v) is 6.79. The molecule has 0 aromatic carbocycles. The van der Waals surface area contributed by atoms with Crippen molar-refractivity contribution in [2.75, 3.05) is 0 Å². The van der Waals surface area contributed by atoms with E-state index in [1.807, 2.05) is 13.0 Å². The van der Waals surface area contributed by atoms with Gasteiger partial charge in [0.15, 0.2) is 5.65 Å². The van der Waals surface area contributed by atoms with Crippen LogP contribution in [-0.4, -0.2) is 24.9 Å². The maximum atomic E-state index is 4.35. The standard InChI is InChI=1S/C11H8BrN5S/c1-6-2-3-13-10(7(6)12)18-11-8-9(15-4-14-8)16-5-17-11/h2-5H,1H3,(H,14,15,16,17). The van der Waals surface area contributed by atoms with Crippen molar-refractivity contribution in [3.05, 3.63) is 35.0 Å². The normalized spacial score (nSPS) is 11.0. The lowest BCUT2D eigenvalue weighted by Gasteiger charge is -2.05. The van der Waals surface area contributed by atoms with Crippen molar-refractivity contribution < 1.29 is 0 Å². The fraction of sp³-hybridized carbons (Fsp3) is 0.0909. The van der Waals surface area contributed by atoms with Crippen LogP contribution in [0, 0.1) is 6.92 Å². The number of rotatable bonds is 2. The number of halogens is 1. The van der Waals surface area contributed by atoms with Crippen LogP contribution in [0.3, 0.4) is 0 Å². The van der Waals surface area contributed by atoms with Crippen molar-refractivity contribution in [1.82, 2.24) is 24.9 Å². The van der Waals surface area contributed by atoms with Crippen molar-refractivity contribution >= 4 is 38.9 Å². The summed E-state index contributed by atoms with van der Waals surface area (Å²) in [4.78, 5) is 19.8. The lowest BCUT2D eigenvalue weighted by molar-refractivity contribution is 1.05. The first-order valence-electron chi connectivity index (χ1n) is 5.19. The van der Waals surface area contributed by atoms with Crippen LogP contribution in [0.1, 0.15) is 5.56 Å². The fourth-order valence-corrected chi connectivity index (χ4v) is 2.88. The molecule has 0 atom stereocenters. The van der Waals surface area contributed by atoms with Gasteiger partial charge in [-0.1, -0.05) is 0 Å². The maximum Gasteiger partial charge on any atom is 0.181 e. The van der Waals surface area contributed by atoms with Gasteiger partial charge in [0, 0.05) is 6.20 Å². The molecule has 5 nitrogen and oxygen atoms in total. The lowest BCUT2D eigenvalue weighted by Crippen LogP contribution is -1.89. The van der Waals surface area contributed by atoms with E-state index in [9.17, 15) is 0 Å². The maximum absolute atomic E-state index is 4.35. The van der Waals surface area contributed by atoms with E-state index in [1.54, 1.807) is 12.5 Å². The molecular weight excluding hydrogens is 314 g/mol. The van der Waals surface area contributed by atoms with Crippen LogP contribution in [0.15, 0.2) is 39.4 Å². The van der Waals surface area contributed by atoms with E-state index < -0.39 is 0 Å². The summed E-state index contributed by atoms with van der Waals surface area (Å²) in [5.74, 6) is 0. The molecule has 0 aliphatic carbocycles. The Morgan fingerprint density at radius 3 is 2.94 bits per heavy atom. The number of nitrogens with zero attached hydrogens (tertiary/aromatic N) is 4. The van der Waals surface area contributed by atoms with E-state index in [2.05, 4.69) is 40.8 Å². The van der Waals surface area contributed by atoms with Crippen molar-refractivity contribution in [3.63, 3.8) is 0 Å². The summed E-state index contributed by atoms with van der Waals surface area (Å²) in [5.41, 5.74) is 2.64. The Morgan fingerprint density at radius 2 is 2.06 bits per heavy atom. The predicted molar refractivity (Wildman–Crippen MR) is 72.5 cm³/mol. The third-order valence-corrected chi connectivity index (χ3v) is 4.70. The average molecular weight is 322 g/mol. The molecule has 0 spiro atoms. The summed E-state index contributed by atoms with van der Waals surface area (Å²) in [6.07, 6.45) is 4.91. The molecule has 3 aromatic rings. The second kappa shape index (κ2) is 4.66. The van der Waals surface area contributed by atoms with E-state index in [-0.39, 0.29) is 0 Å². The van der Waals surface area contributed by atoms with Gasteiger partial charge in [0.1, 0.15) is 21.9 Å². The Bertz CT molecular complexity index is 711. The Kier molecular flexibility index (Phi) is 3.00. The number of hydrogen-bond acceptors (Lipinski definition) is 5. The molecule has 0 saturated heterocycles. The summed E-state index contributed by atoms with van der Waals surface area (Å²) < 4.78 is 0.987. The molecule has 0 aliphatic rings. The summed E-state index contributed by atoms with van der Waals surface area (Å²) >= 11 is 5.02. The Labute approximate surface area is 116 Å². The van der Waals surface area contributed by atoms with Crippen molar-refractivity contribution in [3.8, 4) is 0 Å². The van der Waals surface area contributed by atoms with Crippen LogP contribution in [0.2, 0.25) is 0 Å². The quantitative estimate of drug-likeness (QED) is 0.735. The number of nitrogens with one attached hydrogen (secondary N) is 1. The molecule has 0 radical (unpaired) electrons. The molecule has 3 heterocycles. The highest BCUT2D eigenvalue weighted by Crippen LogP contribution is 2.34. The number of aryl methyl sites for hydroxylation is 1. The Morgan fingerprint density at radius 1 is 1.17 bits per heavy atom. The SMILES string of the molecule is Cc1ccnc(Sc2ncnc3nc[nH]c23)c1Br. The van der Waals surface area contributed by atoms with Gasteiger partial charge in [0.05, 0.1) is 10.8 Å². The first-order chi connectivity index (χ1) is 8.75. The van der Waals surface area contributed by atoms with Gasteiger partial charge in [-0.2, -0.15) is 0 Å². The summed E-state index contributed by atoms with van der Waals surface area (Å²) in [6.45, 7) is 2.03. The fourth-order valence-electron chi connectivity index (χ4n) is 1.50. The summed E-state index contributed by atoms with van der Waals surface area (Å²) in [7, 11) is 0. The van der Waals surface area contributed by atoms with Gasteiger partial charge >= 0.3 is 0 Å². The molecule has 0 unspecified atom stereocenters. The van der Waals surface area contributed by atoms with Crippen molar-refractivity contribution in [2.24, 2.45) is 0 Å². The van der Waals surface area contributed by atoms with E-state index in [0.717, 1.165) is 25.6 Å². The third kappa shape index (κ3) is 1.99. The number of imidazole rings is 1. The number of fused-ring (bicyclic) bond motifs is 1. The molecule has 3 aromatic heterocycles. The number of hydrogen-bond donors (Lipinski definition) is 1. The molecule has 7 heteroatoms. The zero-order valence-electron chi connectivity index (χ0n) is 9.38. The van der Waals surface area contributed by atoms with E-state index in [0.29, 0.717) is 5.65 Å². The lowest BCUT2D eigenvalue weighted by atomic mass is 10.3. The van der Waals surface area contributed by atoms with Crippen LogP contribution in [0.25, 0.3) is 11.2 Å². The highest BCUT2D eigenvalue weighted by Gasteiger charge is 2.11. The molecule has 0 bridgehead atoms. The first kappa shape index (κ1) is 11.6. The number of aromatic nitrogens is 5. The highest BCUT2D eigenvalue weighted by atomic mass is 79.9. The number of aromatic amines is 1. The second-order valence-electron chi connectivity index (χ2n) is 3.63. The molecule has 0 amide bonds. The van der Waals surface area contributed by atoms with Gasteiger partial charge in [-0.15, -0.1) is 0 Å². The molecule has 3 rings (SSSR count). The van der Waals surface area contributed by atoms with Gasteiger partial charge < -0.3 is 4.98 Å². The molecule has 1 N–H and O–H groups in total. The second-order valence-corrected chi connectivity index (χ2v) is 5.40. The van der Waals surface area contributed by atoms with Crippen LogP contribution in [0.5, 0.6) is 0 Å². The minimum Gasteiger partial charge on any atom is -0.341 e. The molecule has 0 fully saturated rings. The number of pyridine rings is 1. The number of H-pyrrole nitrogens is 1. The van der Waals surface area contributed by atoms with Gasteiger partial charge in [0.2, 0.25) is 0 Å². The predicted octanol–water partition coefficient (Wildman–Crippen LogP) is 2.97. The minimum absolute atomic E-state index is 0.663. The van der Waals surface area contributed by atoms with Crippen LogP contribution < -0.4 is 0 Å². The third-order valence-electron chi connectivity index (χ3n) is 2.43. The molecule has 0 saturated carbocycles. The van der Waals surface area contributed by atoms with Crippen molar-refractivity contribution in [2.45, 2.75) is 17.0 Å². The average Bonchev–Trinajstić information content (AvgIpc) is 2.84. The van der Waals surface area contributed by atoms with Gasteiger partial charge in [-0.25, -0.2) is 19.9 Å². The zero-order valence-corrected chi connectivity index (χ0v) is 11.8. The van der Waals surface area contributed by atoms with Crippen molar-refractivity contribution in [1.29, 1.82) is 0 Å². The minimum atomic E-state index is 0.663. The smallest absolute Gasteiger partial charge is 0.181 e. The Balaban J connectivity index is 2.06. The van der Waals surface area contributed by atoms with Crippen LogP contribution >= 0.6 is 27.7 Å². The monoisotopic (exact) mass is 321 g/mol. The van der Waals surface area contributed by atoms with E-state index >= 15 is 0 Å². The van der Waals surface area contributed by atoms with Gasteiger partial charge in [-0.3, -0.25) is 0 Å². The molecule has 0 aliphatic heterocycles. The molecular formula is C11H8BrN5S. The topological polar surface area (TPSA) is 67.3 Å². The van der Waals surface area contributed by atoms with Gasteiger partial charge in [0.25, 0.3) is 0 Å². The van der Waals surface area contributed by atoms with Crippen LogP contribution in [-0.2, 0) is 0 Å². The largest absolute Gasteiger partial charge is 0.341 e. The molecule has 90 valence electrons.